The van der Waals surface area contributed by atoms with E-state index in [-0.39, 0.29) is 5.91 Å². The summed E-state index contributed by atoms with van der Waals surface area (Å²) >= 11 is 3.15. The summed E-state index contributed by atoms with van der Waals surface area (Å²) in [5.41, 5.74) is 1.89. The van der Waals surface area contributed by atoms with Crippen molar-refractivity contribution < 1.29 is 9.53 Å². The summed E-state index contributed by atoms with van der Waals surface area (Å²) in [6.45, 7) is 0. The van der Waals surface area contributed by atoms with Gasteiger partial charge in [0.05, 0.1) is 32.6 Å². The molecule has 0 saturated heterocycles. The first-order chi connectivity index (χ1) is 12.7. The van der Waals surface area contributed by atoms with Gasteiger partial charge in [0.15, 0.2) is 5.13 Å². The van der Waals surface area contributed by atoms with E-state index in [9.17, 15) is 4.79 Å². The van der Waals surface area contributed by atoms with Crippen LogP contribution in [0.15, 0.2) is 42.5 Å². The van der Waals surface area contributed by atoms with Crippen LogP contribution in [-0.4, -0.2) is 23.0 Å². The summed E-state index contributed by atoms with van der Waals surface area (Å²) in [5.74, 6) is 0.770. The van der Waals surface area contributed by atoms with Crippen molar-refractivity contribution in [2.24, 2.45) is 0 Å². The topological polar surface area (TPSA) is 64.1 Å². The van der Waals surface area contributed by atoms with Crippen LogP contribution in [-0.2, 0) is 11.2 Å². The fraction of sp³-hybridized carbons (Fsp3) is 0.211. The van der Waals surface area contributed by atoms with E-state index >= 15 is 0 Å². The largest absolute Gasteiger partial charge is 0.497 e. The molecule has 132 valence electrons. The molecule has 1 amide bonds. The van der Waals surface area contributed by atoms with Gasteiger partial charge in [-0.05, 0) is 43.2 Å². The normalized spacial score (nSPS) is 11.1. The second-order valence-corrected chi connectivity index (χ2v) is 7.98. The Morgan fingerprint density at radius 1 is 1.08 bits per heavy atom. The number of aryl methyl sites for hydroxylation is 1. The lowest BCUT2D eigenvalue weighted by atomic mass is 10.2. The molecule has 0 spiro atoms. The number of carbonyl (C=O) groups is 1. The molecule has 0 aliphatic carbocycles. The third kappa shape index (κ3) is 3.68. The number of hydrogen-bond donors (Lipinski definition) is 1. The summed E-state index contributed by atoms with van der Waals surface area (Å²) < 4.78 is 7.40. The predicted molar refractivity (Wildman–Crippen MR) is 107 cm³/mol. The first-order valence-electron chi connectivity index (χ1n) is 8.30. The molecule has 4 aromatic rings. The third-order valence-electron chi connectivity index (χ3n) is 3.97. The van der Waals surface area contributed by atoms with Crippen LogP contribution in [0, 0.1) is 0 Å². The number of rotatable bonds is 6. The van der Waals surface area contributed by atoms with E-state index < -0.39 is 0 Å². The van der Waals surface area contributed by atoms with Gasteiger partial charge in [-0.3, -0.25) is 4.79 Å². The Kier molecular flexibility index (Phi) is 4.81. The SMILES string of the molecule is COc1ccc2nc(NC(=O)CCCc3nc4ccccc4s3)sc2c1. The predicted octanol–water partition coefficient (Wildman–Crippen LogP) is 4.88. The van der Waals surface area contributed by atoms with E-state index in [1.165, 1.54) is 16.0 Å². The van der Waals surface area contributed by atoms with E-state index in [4.69, 9.17) is 4.74 Å². The van der Waals surface area contributed by atoms with Crippen molar-refractivity contribution in [3.05, 3.63) is 47.5 Å². The highest BCUT2D eigenvalue weighted by Gasteiger charge is 2.10. The first-order valence-corrected chi connectivity index (χ1v) is 9.93. The van der Waals surface area contributed by atoms with Crippen LogP contribution in [0.5, 0.6) is 5.75 Å². The number of anilines is 1. The van der Waals surface area contributed by atoms with Gasteiger partial charge in [0.2, 0.25) is 5.91 Å². The van der Waals surface area contributed by atoms with Gasteiger partial charge in [-0.2, -0.15) is 0 Å². The van der Waals surface area contributed by atoms with Crippen LogP contribution in [0.3, 0.4) is 0 Å². The molecule has 0 aliphatic rings. The number of thiazole rings is 2. The number of amides is 1. The van der Waals surface area contributed by atoms with Crippen molar-refractivity contribution in [1.29, 1.82) is 0 Å². The van der Waals surface area contributed by atoms with E-state index in [1.54, 1.807) is 18.4 Å². The van der Waals surface area contributed by atoms with Gasteiger partial charge in [0.1, 0.15) is 5.75 Å². The molecule has 0 unspecified atom stereocenters. The Morgan fingerprint density at radius 3 is 2.77 bits per heavy atom. The lowest BCUT2D eigenvalue weighted by Gasteiger charge is -2.00. The molecule has 1 N–H and O–H groups in total. The highest BCUT2D eigenvalue weighted by atomic mass is 32.1. The Hall–Kier alpha value is -2.51. The molecule has 2 aromatic carbocycles. The number of carbonyl (C=O) groups excluding carboxylic acids is 1. The minimum absolute atomic E-state index is 0.0165. The number of fused-ring (bicyclic) bond motifs is 2. The summed E-state index contributed by atoms with van der Waals surface area (Å²) in [4.78, 5) is 21.2. The maximum atomic E-state index is 12.2. The average molecular weight is 383 g/mol. The molecule has 0 aliphatic heterocycles. The van der Waals surface area contributed by atoms with Gasteiger partial charge in [-0.25, -0.2) is 9.97 Å². The number of nitrogens with one attached hydrogen (secondary N) is 1. The number of nitrogens with zero attached hydrogens (tertiary/aromatic N) is 2. The van der Waals surface area contributed by atoms with Crippen LogP contribution in [0.25, 0.3) is 20.4 Å². The van der Waals surface area contributed by atoms with E-state index in [0.29, 0.717) is 11.6 Å². The van der Waals surface area contributed by atoms with Gasteiger partial charge in [0, 0.05) is 6.42 Å². The van der Waals surface area contributed by atoms with E-state index in [2.05, 4.69) is 21.4 Å². The summed E-state index contributed by atoms with van der Waals surface area (Å²) in [5, 5.41) is 4.59. The zero-order chi connectivity index (χ0) is 17.9. The van der Waals surface area contributed by atoms with Crippen LogP contribution in [0.1, 0.15) is 17.8 Å². The minimum atomic E-state index is -0.0165. The molecule has 0 radical (unpaired) electrons. The zero-order valence-electron chi connectivity index (χ0n) is 14.2. The van der Waals surface area contributed by atoms with Gasteiger partial charge >= 0.3 is 0 Å². The number of benzene rings is 2. The second-order valence-electron chi connectivity index (χ2n) is 5.83. The highest BCUT2D eigenvalue weighted by molar-refractivity contribution is 7.22. The summed E-state index contributed by atoms with van der Waals surface area (Å²) in [7, 11) is 1.64. The number of hydrogen-bond acceptors (Lipinski definition) is 6. The molecule has 0 bridgehead atoms. The van der Waals surface area contributed by atoms with Crippen molar-refractivity contribution >= 4 is 54.1 Å². The van der Waals surface area contributed by atoms with Crippen molar-refractivity contribution in [2.75, 3.05) is 12.4 Å². The molecular weight excluding hydrogens is 366 g/mol. The smallest absolute Gasteiger partial charge is 0.226 e. The molecule has 7 heteroatoms. The lowest BCUT2D eigenvalue weighted by molar-refractivity contribution is -0.116. The van der Waals surface area contributed by atoms with Gasteiger partial charge in [-0.1, -0.05) is 23.5 Å². The number of para-hydroxylation sites is 1. The lowest BCUT2D eigenvalue weighted by Crippen LogP contribution is -2.11. The fourth-order valence-corrected chi connectivity index (χ4v) is 4.61. The second kappa shape index (κ2) is 7.39. The Balaban J connectivity index is 1.33. The van der Waals surface area contributed by atoms with Gasteiger partial charge < -0.3 is 10.1 Å². The fourth-order valence-electron chi connectivity index (χ4n) is 2.69. The third-order valence-corrected chi connectivity index (χ3v) is 6.00. The molecular formula is C19H17N3O2S2. The maximum Gasteiger partial charge on any atom is 0.226 e. The van der Waals surface area contributed by atoms with Crippen LogP contribution in [0.4, 0.5) is 5.13 Å². The van der Waals surface area contributed by atoms with Crippen LogP contribution >= 0.6 is 22.7 Å². The van der Waals surface area contributed by atoms with Crippen LogP contribution < -0.4 is 10.1 Å². The van der Waals surface area contributed by atoms with Gasteiger partial charge in [-0.15, -0.1) is 11.3 Å². The van der Waals surface area contributed by atoms with Crippen molar-refractivity contribution in [1.82, 2.24) is 9.97 Å². The van der Waals surface area contributed by atoms with Crippen molar-refractivity contribution in [3.8, 4) is 5.75 Å². The Morgan fingerprint density at radius 2 is 1.92 bits per heavy atom. The average Bonchev–Trinajstić information content (AvgIpc) is 3.23. The monoisotopic (exact) mass is 383 g/mol. The molecule has 2 heterocycles. The number of methoxy groups -OCH3 is 1. The van der Waals surface area contributed by atoms with Gasteiger partial charge in [0.25, 0.3) is 0 Å². The molecule has 26 heavy (non-hydrogen) atoms. The number of ether oxygens (including phenoxy) is 1. The Bertz CT molecular complexity index is 1040. The van der Waals surface area contributed by atoms with Crippen LogP contribution in [0.2, 0.25) is 0 Å². The van der Waals surface area contributed by atoms with Crippen molar-refractivity contribution in [3.63, 3.8) is 0 Å². The molecule has 4 rings (SSSR count). The molecule has 5 nitrogen and oxygen atoms in total. The molecule has 0 saturated carbocycles. The molecule has 2 aromatic heterocycles. The number of aromatic nitrogens is 2. The summed E-state index contributed by atoms with van der Waals surface area (Å²) in [6.07, 6.45) is 2.03. The standard InChI is InChI=1S/C19H17N3O2S2/c1-24-12-9-10-14-16(11-12)26-19(21-14)22-17(23)7-4-8-18-20-13-5-2-3-6-15(13)25-18/h2-3,5-6,9-11H,4,7-8H2,1H3,(H,21,22,23). The first kappa shape index (κ1) is 16.9. The highest BCUT2D eigenvalue weighted by Crippen LogP contribution is 2.29. The molecule has 0 fully saturated rings. The molecule has 0 atom stereocenters. The van der Waals surface area contributed by atoms with E-state index in [1.807, 2.05) is 36.4 Å². The quantitative estimate of drug-likeness (QED) is 0.516. The minimum Gasteiger partial charge on any atom is -0.497 e. The maximum absolute atomic E-state index is 12.2. The van der Waals surface area contributed by atoms with E-state index in [0.717, 1.165) is 39.3 Å². The Labute approximate surface area is 158 Å². The zero-order valence-corrected chi connectivity index (χ0v) is 15.8. The van der Waals surface area contributed by atoms with Crippen molar-refractivity contribution in [2.45, 2.75) is 19.3 Å². The summed E-state index contributed by atoms with van der Waals surface area (Å²) in [6, 6.07) is 13.8.